The van der Waals surface area contributed by atoms with Crippen molar-refractivity contribution in [3.05, 3.63) is 70.8 Å². The summed E-state index contributed by atoms with van der Waals surface area (Å²) in [4.78, 5) is 2.40. The van der Waals surface area contributed by atoms with Crippen LogP contribution in [0.3, 0.4) is 0 Å². The smallest absolute Gasteiger partial charge is 0.149 e. The molecule has 1 saturated heterocycles. The highest BCUT2D eigenvalue weighted by molar-refractivity contribution is 5.55. The molecule has 0 N–H and O–H groups in total. The van der Waals surface area contributed by atoms with E-state index in [1.54, 1.807) is 22.3 Å². The highest BCUT2D eigenvalue weighted by Crippen LogP contribution is 2.73. The van der Waals surface area contributed by atoms with Crippen LogP contribution in [0, 0.1) is 5.92 Å². The van der Waals surface area contributed by atoms with Crippen molar-refractivity contribution in [3.8, 4) is 0 Å². The Kier molecular flexibility index (Phi) is 3.46. The Morgan fingerprint density at radius 2 is 1.48 bits per heavy atom. The first-order chi connectivity index (χ1) is 14.0. The molecule has 2 nitrogen and oxygen atoms in total. The molecule has 6 rings (SSSR count). The maximum absolute atomic E-state index is 2.60. The van der Waals surface area contributed by atoms with Gasteiger partial charge in [-0.15, -0.1) is 0 Å². The van der Waals surface area contributed by atoms with Gasteiger partial charge in [-0.25, -0.2) is 0 Å². The molecule has 2 bridgehead atoms. The minimum Gasteiger partial charge on any atom is -0.309 e. The van der Waals surface area contributed by atoms with E-state index in [1.165, 1.54) is 49.8 Å². The lowest BCUT2D eigenvalue weighted by atomic mass is 9.74. The van der Waals surface area contributed by atoms with Gasteiger partial charge in [0, 0.05) is 36.1 Å². The standard InChI is InChI=1S/C27H35N2/c1-5-26-18-20(26)19-27(14-15-28(3)4)24-13-9-7-11-22(24)25(2,29(27)16-17-29)21-10-6-8-12-23(21)26/h6-13,20H,5,14-19H2,1-4H3/q+1/t20-,25-,26-,27?/m1/s1. The Morgan fingerprint density at radius 1 is 0.897 bits per heavy atom. The van der Waals surface area contributed by atoms with Gasteiger partial charge in [-0.2, -0.15) is 0 Å². The van der Waals surface area contributed by atoms with Crippen molar-refractivity contribution >= 4 is 0 Å². The molecule has 2 aromatic rings. The minimum absolute atomic E-state index is 0.0925. The van der Waals surface area contributed by atoms with Gasteiger partial charge in [0.25, 0.3) is 0 Å². The van der Waals surface area contributed by atoms with Crippen LogP contribution in [0.1, 0.15) is 61.8 Å². The number of fused-ring (bicyclic) bond motifs is 7. The van der Waals surface area contributed by atoms with Crippen molar-refractivity contribution in [1.82, 2.24) is 4.90 Å². The van der Waals surface area contributed by atoms with Crippen molar-refractivity contribution in [2.24, 2.45) is 5.92 Å². The molecule has 0 aromatic heterocycles. The fraction of sp³-hybridized carbons (Fsp3) is 0.556. The SMILES string of the molecule is CC[C@@]12C[C@@H]1CC1(CCN(C)C)c3ccccc3[C@@](C)(c3ccccc32)[N+]12CC2. The maximum atomic E-state index is 2.60. The highest BCUT2D eigenvalue weighted by atomic mass is 15.6. The van der Waals surface area contributed by atoms with E-state index in [2.05, 4.69) is 81.4 Å². The lowest BCUT2D eigenvalue weighted by molar-refractivity contribution is -0.910. The number of hydrogen-bond donors (Lipinski definition) is 0. The van der Waals surface area contributed by atoms with Gasteiger partial charge < -0.3 is 4.90 Å². The van der Waals surface area contributed by atoms with Crippen molar-refractivity contribution < 1.29 is 4.48 Å². The molecule has 152 valence electrons. The molecule has 2 aromatic carbocycles. The van der Waals surface area contributed by atoms with Crippen LogP contribution in [0.4, 0.5) is 0 Å². The largest absolute Gasteiger partial charge is 0.309 e. The van der Waals surface area contributed by atoms with Crippen LogP contribution in [0.5, 0.6) is 0 Å². The number of rotatable bonds is 4. The predicted octanol–water partition coefficient (Wildman–Crippen LogP) is 5.01. The Balaban J connectivity index is 1.68. The lowest BCUT2D eigenvalue weighted by Crippen LogP contribution is -2.56. The van der Waals surface area contributed by atoms with E-state index in [9.17, 15) is 0 Å². The molecule has 1 unspecified atom stereocenters. The third-order valence-electron chi connectivity index (χ3n) is 9.71. The summed E-state index contributed by atoms with van der Waals surface area (Å²) < 4.78 is 1.28. The zero-order valence-corrected chi connectivity index (χ0v) is 18.5. The van der Waals surface area contributed by atoms with Crippen LogP contribution in [-0.2, 0) is 16.5 Å². The fourth-order valence-electron chi connectivity index (χ4n) is 8.05. The molecule has 29 heavy (non-hydrogen) atoms. The number of hydrogen-bond acceptors (Lipinski definition) is 1. The Hall–Kier alpha value is -1.64. The molecule has 2 fully saturated rings. The van der Waals surface area contributed by atoms with Crippen LogP contribution >= 0.6 is 0 Å². The fourth-order valence-corrected chi connectivity index (χ4v) is 8.05. The summed E-state index contributed by atoms with van der Waals surface area (Å²) in [5, 5.41) is 0. The van der Waals surface area contributed by atoms with E-state index in [0.717, 1.165) is 5.92 Å². The van der Waals surface area contributed by atoms with Crippen LogP contribution in [0.2, 0.25) is 0 Å². The Labute approximate surface area is 176 Å². The second kappa shape index (κ2) is 5.53. The van der Waals surface area contributed by atoms with Crippen LogP contribution in [0.25, 0.3) is 0 Å². The zero-order chi connectivity index (χ0) is 20.1. The monoisotopic (exact) mass is 387 g/mol. The number of quaternary nitrogens is 1. The van der Waals surface area contributed by atoms with Gasteiger partial charge in [-0.05, 0) is 50.8 Å². The summed E-state index contributed by atoms with van der Waals surface area (Å²) in [7, 11) is 4.49. The number of nitrogens with zero attached hydrogens (tertiary/aromatic N) is 2. The average molecular weight is 388 g/mol. The van der Waals surface area contributed by atoms with Gasteiger partial charge in [0.05, 0.1) is 0 Å². The van der Waals surface area contributed by atoms with E-state index in [4.69, 9.17) is 0 Å². The van der Waals surface area contributed by atoms with Crippen molar-refractivity contribution in [3.63, 3.8) is 0 Å². The Morgan fingerprint density at radius 3 is 2.07 bits per heavy atom. The topological polar surface area (TPSA) is 3.24 Å². The first-order valence-corrected chi connectivity index (χ1v) is 11.7. The summed E-state index contributed by atoms with van der Waals surface area (Å²) >= 11 is 0. The summed E-state index contributed by atoms with van der Waals surface area (Å²) in [6, 6.07) is 19.1. The quantitative estimate of drug-likeness (QED) is 0.526. The summed E-state index contributed by atoms with van der Waals surface area (Å²) in [6.07, 6.45) is 5.33. The number of benzene rings is 2. The lowest BCUT2D eigenvalue weighted by Gasteiger charge is -2.48. The minimum atomic E-state index is 0.0925. The van der Waals surface area contributed by atoms with Gasteiger partial charge in [0.1, 0.15) is 24.2 Å². The van der Waals surface area contributed by atoms with Gasteiger partial charge in [0.15, 0.2) is 0 Å². The summed E-state index contributed by atoms with van der Waals surface area (Å²) in [6.45, 7) is 8.88. The molecule has 1 aliphatic carbocycles. The van der Waals surface area contributed by atoms with Gasteiger partial charge in [-0.3, -0.25) is 4.48 Å². The first-order valence-electron chi connectivity index (χ1n) is 11.7. The third-order valence-corrected chi connectivity index (χ3v) is 9.71. The second-order valence-electron chi connectivity index (χ2n) is 10.8. The molecular weight excluding hydrogens is 352 g/mol. The van der Waals surface area contributed by atoms with Gasteiger partial charge in [0.2, 0.25) is 0 Å². The van der Waals surface area contributed by atoms with E-state index >= 15 is 0 Å². The van der Waals surface area contributed by atoms with E-state index in [0.29, 0.717) is 5.41 Å². The van der Waals surface area contributed by atoms with Crippen LogP contribution in [-0.4, -0.2) is 43.1 Å². The highest BCUT2D eigenvalue weighted by Gasteiger charge is 2.78. The summed E-state index contributed by atoms with van der Waals surface area (Å²) in [5.41, 5.74) is 7.41. The van der Waals surface area contributed by atoms with Crippen molar-refractivity contribution in [1.29, 1.82) is 0 Å². The molecule has 1 spiro atoms. The predicted molar refractivity (Wildman–Crippen MR) is 119 cm³/mol. The molecule has 4 atom stereocenters. The second-order valence-corrected chi connectivity index (χ2v) is 10.8. The molecular formula is C27H35N2+. The molecule has 3 aliphatic heterocycles. The molecule has 4 aliphatic rings. The molecule has 2 heteroatoms. The summed E-state index contributed by atoms with van der Waals surface area (Å²) in [5.74, 6) is 0.835. The van der Waals surface area contributed by atoms with Gasteiger partial charge in [-0.1, -0.05) is 55.5 Å². The third kappa shape index (κ3) is 1.92. The van der Waals surface area contributed by atoms with E-state index in [-0.39, 0.29) is 11.1 Å². The average Bonchev–Trinajstić information content (AvgIpc) is 3.64. The molecule has 0 amide bonds. The molecule has 1 saturated carbocycles. The Bertz CT molecular complexity index is 990. The maximum Gasteiger partial charge on any atom is 0.149 e. The molecule has 0 radical (unpaired) electrons. The van der Waals surface area contributed by atoms with E-state index < -0.39 is 0 Å². The van der Waals surface area contributed by atoms with Gasteiger partial charge >= 0.3 is 0 Å². The van der Waals surface area contributed by atoms with Crippen LogP contribution in [0.15, 0.2) is 48.5 Å². The first kappa shape index (κ1) is 18.2. The van der Waals surface area contributed by atoms with Crippen molar-refractivity contribution in [2.45, 2.75) is 56.0 Å². The molecule has 3 heterocycles. The van der Waals surface area contributed by atoms with Crippen LogP contribution < -0.4 is 0 Å². The zero-order valence-electron chi connectivity index (χ0n) is 18.5. The van der Waals surface area contributed by atoms with Crippen molar-refractivity contribution in [2.75, 3.05) is 33.7 Å². The normalized spacial score (nSPS) is 37.5. The van der Waals surface area contributed by atoms with E-state index in [1.807, 2.05) is 0 Å².